The van der Waals surface area contributed by atoms with Gasteiger partial charge in [0.1, 0.15) is 5.82 Å². The molecule has 0 aromatic heterocycles. The van der Waals surface area contributed by atoms with Crippen molar-refractivity contribution in [3.63, 3.8) is 0 Å². The number of halogens is 2. The van der Waals surface area contributed by atoms with Crippen LogP contribution in [-0.4, -0.2) is 6.54 Å². The van der Waals surface area contributed by atoms with Crippen LogP contribution in [0.2, 0.25) is 5.02 Å². The van der Waals surface area contributed by atoms with E-state index in [2.05, 4.69) is 19.2 Å². The van der Waals surface area contributed by atoms with Crippen LogP contribution in [0.1, 0.15) is 51.1 Å². The lowest BCUT2D eigenvalue weighted by Gasteiger charge is -2.20. The van der Waals surface area contributed by atoms with Crippen molar-refractivity contribution in [1.82, 2.24) is 5.32 Å². The fourth-order valence-electron chi connectivity index (χ4n) is 1.92. The highest BCUT2D eigenvalue weighted by Gasteiger charge is 2.17. The molecule has 1 N–H and O–H groups in total. The van der Waals surface area contributed by atoms with Gasteiger partial charge in [0.25, 0.3) is 0 Å². The van der Waals surface area contributed by atoms with Gasteiger partial charge in [-0.3, -0.25) is 0 Å². The molecular formula is C14H21ClFN. The minimum Gasteiger partial charge on any atom is -0.310 e. The van der Waals surface area contributed by atoms with Crippen molar-refractivity contribution in [2.24, 2.45) is 0 Å². The third-order valence-electron chi connectivity index (χ3n) is 2.84. The summed E-state index contributed by atoms with van der Waals surface area (Å²) in [5.74, 6) is -0.206. The second-order valence-corrected chi connectivity index (χ2v) is 4.69. The normalized spacial score (nSPS) is 12.7. The maximum atomic E-state index is 13.8. The molecule has 1 aromatic carbocycles. The first-order valence-electron chi connectivity index (χ1n) is 6.38. The molecule has 0 saturated carbocycles. The van der Waals surface area contributed by atoms with Crippen LogP contribution in [0.25, 0.3) is 0 Å². The zero-order chi connectivity index (χ0) is 12.7. The summed E-state index contributed by atoms with van der Waals surface area (Å²) in [7, 11) is 0. The molecule has 0 aliphatic rings. The molecule has 0 spiro atoms. The van der Waals surface area contributed by atoms with Crippen LogP contribution in [0.15, 0.2) is 18.2 Å². The Labute approximate surface area is 108 Å². The summed E-state index contributed by atoms with van der Waals surface area (Å²) >= 11 is 6.10. The van der Waals surface area contributed by atoms with E-state index in [0.29, 0.717) is 10.6 Å². The van der Waals surface area contributed by atoms with E-state index >= 15 is 0 Å². The molecule has 1 nitrogen and oxygen atoms in total. The molecule has 17 heavy (non-hydrogen) atoms. The summed E-state index contributed by atoms with van der Waals surface area (Å²) in [6.45, 7) is 5.13. The second-order valence-electron chi connectivity index (χ2n) is 4.28. The average molecular weight is 258 g/mol. The van der Waals surface area contributed by atoms with E-state index in [1.807, 2.05) is 0 Å². The van der Waals surface area contributed by atoms with E-state index in [9.17, 15) is 4.39 Å². The third kappa shape index (κ3) is 4.29. The summed E-state index contributed by atoms with van der Waals surface area (Å²) in [6.07, 6.45) is 4.15. The summed E-state index contributed by atoms with van der Waals surface area (Å²) in [5, 5.41) is 3.90. The fourth-order valence-corrected chi connectivity index (χ4v) is 2.21. The number of unbranched alkanes of at least 4 members (excludes halogenated alkanes) is 1. The van der Waals surface area contributed by atoms with Crippen LogP contribution >= 0.6 is 11.6 Å². The molecule has 1 rings (SSSR count). The molecule has 3 heteroatoms. The lowest BCUT2D eigenvalue weighted by molar-refractivity contribution is 0.460. The van der Waals surface area contributed by atoms with Crippen molar-refractivity contribution in [1.29, 1.82) is 0 Å². The largest absolute Gasteiger partial charge is 0.310 e. The summed E-state index contributed by atoms with van der Waals surface area (Å²) in [5.41, 5.74) is 0.621. The highest BCUT2D eigenvalue weighted by atomic mass is 35.5. The predicted molar refractivity (Wildman–Crippen MR) is 72.0 cm³/mol. The SMILES string of the molecule is CCCCC(NCCC)c1c(F)cccc1Cl. The first-order chi connectivity index (χ1) is 8.20. The predicted octanol–water partition coefficient (Wildman–Crippen LogP) is 4.71. The summed E-state index contributed by atoms with van der Waals surface area (Å²) in [4.78, 5) is 0. The van der Waals surface area contributed by atoms with E-state index in [4.69, 9.17) is 11.6 Å². The Bertz CT molecular complexity index is 313. The molecule has 96 valence electrons. The molecule has 0 amide bonds. The molecule has 0 fully saturated rings. The number of hydrogen-bond donors (Lipinski definition) is 1. The van der Waals surface area contributed by atoms with Gasteiger partial charge in [0, 0.05) is 16.6 Å². The van der Waals surface area contributed by atoms with Crippen LogP contribution < -0.4 is 5.32 Å². The molecule has 0 aliphatic carbocycles. The van der Waals surface area contributed by atoms with E-state index in [0.717, 1.165) is 32.2 Å². The Morgan fingerprint density at radius 3 is 2.65 bits per heavy atom. The zero-order valence-electron chi connectivity index (χ0n) is 10.6. The van der Waals surface area contributed by atoms with Gasteiger partial charge in [-0.1, -0.05) is 44.4 Å². The van der Waals surface area contributed by atoms with Crippen LogP contribution in [0.4, 0.5) is 4.39 Å². The van der Waals surface area contributed by atoms with Gasteiger partial charge in [-0.15, -0.1) is 0 Å². The quantitative estimate of drug-likeness (QED) is 0.746. The lowest BCUT2D eigenvalue weighted by Crippen LogP contribution is -2.23. The molecule has 0 aliphatic heterocycles. The molecule has 0 bridgehead atoms. The van der Waals surface area contributed by atoms with Crippen LogP contribution in [0, 0.1) is 5.82 Å². The number of nitrogens with one attached hydrogen (secondary N) is 1. The first kappa shape index (κ1) is 14.5. The summed E-state index contributed by atoms with van der Waals surface area (Å²) < 4.78 is 13.8. The van der Waals surface area contributed by atoms with Crippen molar-refractivity contribution in [2.75, 3.05) is 6.54 Å². The van der Waals surface area contributed by atoms with Gasteiger partial charge in [0.15, 0.2) is 0 Å². The van der Waals surface area contributed by atoms with Crippen LogP contribution in [0.5, 0.6) is 0 Å². The van der Waals surface area contributed by atoms with E-state index < -0.39 is 0 Å². The molecule has 0 radical (unpaired) electrons. The van der Waals surface area contributed by atoms with Crippen molar-refractivity contribution < 1.29 is 4.39 Å². The molecular weight excluding hydrogens is 237 g/mol. The van der Waals surface area contributed by atoms with Crippen LogP contribution in [0.3, 0.4) is 0 Å². The Morgan fingerprint density at radius 1 is 1.29 bits per heavy atom. The maximum Gasteiger partial charge on any atom is 0.129 e. The Morgan fingerprint density at radius 2 is 2.06 bits per heavy atom. The minimum atomic E-state index is -0.206. The van der Waals surface area contributed by atoms with Crippen LogP contribution in [-0.2, 0) is 0 Å². The average Bonchev–Trinajstić information content (AvgIpc) is 2.31. The summed E-state index contributed by atoms with van der Waals surface area (Å²) in [6, 6.07) is 4.92. The van der Waals surface area contributed by atoms with Gasteiger partial charge < -0.3 is 5.32 Å². The molecule has 1 aromatic rings. The highest BCUT2D eigenvalue weighted by Crippen LogP contribution is 2.29. The minimum absolute atomic E-state index is 0.0311. The first-order valence-corrected chi connectivity index (χ1v) is 6.75. The van der Waals surface area contributed by atoms with Gasteiger partial charge >= 0.3 is 0 Å². The Hall–Kier alpha value is -0.600. The lowest BCUT2D eigenvalue weighted by atomic mass is 10.0. The van der Waals surface area contributed by atoms with Crippen molar-refractivity contribution in [2.45, 2.75) is 45.6 Å². The standard InChI is InChI=1S/C14H21ClFN/c1-3-5-9-13(17-10-4-2)14-11(15)7-6-8-12(14)16/h6-8,13,17H,3-5,9-10H2,1-2H3. The van der Waals surface area contributed by atoms with E-state index in [1.54, 1.807) is 12.1 Å². The zero-order valence-corrected chi connectivity index (χ0v) is 11.4. The number of benzene rings is 1. The highest BCUT2D eigenvalue weighted by molar-refractivity contribution is 6.31. The molecule has 0 saturated heterocycles. The number of hydrogen-bond acceptors (Lipinski definition) is 1. The fraction of sp³-hybridized carbons (Fsp3) is 0.571. The molecule has 1 atom stereocenters. The van der Waals surface area contributed by atoms with Gasteiger partial charge in [0.05, 0.1) is 0 Å². The topological polar surface area (TPSA) is 12.0 Å². The van der Waals surface area contributed by atoms with Gasteiger partial charge in [-0.25, -0.2) is 4.39 Å². The van der Waals surface area contributed by atoms with E-state index in [-0.39, 0.29) is 11.9 Å². The smallest absolute Gasteiger partial charge is 0.129 e. The molecule has 1 unspecified atom stereocenters. The van der Waals surface area contributed by atoms with E-state index in [1.165, 1.54) is 6.07 Å². The van der Waals surface area contributed by atoms with Crippen molar-refractivity contribution in [3.8, 4) is 0 Å². The Kier molecular flexibility index (Phi) is 6.53. The number of rotatable bonds is 7. The third-order valence-corrected chi connectivity index (χ3v) is 3.16. The molecule has 0 heterocycles. The maximum absolute atomic E-state index is 13.8. The van der Waals surface area contributed by atoms with Gasteiger partial charge in [-0.2, -0.15) is 0 Å². The van der Waals surface area contributed by atoms with Gasteiger partial charge in [0.2, 0.25) is 0 Å². The van der Waals surface area contributed by atoms with Gasteiger partial charge in [-0.05, 0) is 31.5 Å². The Balaban J connectivity index is 2.86. The second kappa shape index (κ2) is 7.67. The monoisotopic (exact) mass is 257 g/mol. The van der Waals surface area contributed by atoms with Crippen molar-refractivity contribution >= 4 is 11.6 Å². The van der Waals surface area contributed by atoms with Crippen molar-refractivity contribution in [3.05, 3.63) is 34.6 Å².